The largest absolute Gasteiger partial charge is 0.325 e. The van der Waals surface area contributed by atoms with Crippen LogP contribution in [0.1, 0.15) is 37.8 Å². The summed E-state index contributed by atoms with van der Waals surface area (Å²) < 4.78 is 0. The van der Waals surface area contributed by atoms with Crippen LogP contribution in [0.2, 0.25) is 0 Å². The molecule has 0 saturated carbocycles. The van der Waals surface area contributed by atoms with Gasteiger partial charge in [0.2, 0.25) is 5.91 Å². The van der Waals surface area contributed by atoms with Crippen molar-refractivity contribution in [1.82, 2.24) is 4.90 Å². The van der Waals surface area contributed by atoms with E-state index in [0.29, 0.717) is 5.92 Å². The van der Waals surface area contributed by atoms with E-state index in [9.17, 15) is 4.79 Å². The minimum absolute atomic E-state index is 0.0146. The molecule has 0 radical (unpaired) electrons. The quantitative estimate of drug-likeness (QED) is 0.864. The van der Waals surface area contributed by atoms with Crippen molar-refractivity contribution in [3.05, 3.63) is 65.7 Å². The Balaban J connectivity index is 1.93. The van der Waals surface area contributed by atoms with Gasteiger partial charge in [0.25, 0.3) is 0 Å². The van der Waals surface area contributed by atoms with E-state index >= 15 is 0 Å². The average molecular weight is 310 g/mol. The fourth-order valence-electron chi connectivity index (χ4n) is 2.41. The lowest BCUT2D eigenvalue weighted by Gasteiger charge is -2.24. The average Bonchev–Trinajstić information content (AvgIpc) is 2.55. The summed E-state index contributed by atoms with van der Waals surface area (Å²) in [4.78, 5) is 14.5. The van der Waals surface area contributed by atoms with E-state index in [1.54, 1.807) is 0 Å². The summed E-state index contributed by atoms with van der Waals surface area (Å²) in [7, 11) is 1.97. The smallest absolute Gasteiger partial charge is 0.241 e. The number of likely N-dealkylation sites (N-methyl/N-ethyl adjacent to an activating group) is 1. The summed E-state index contributed by atoms with van der Waals surface area (Å²) in [5.41, 5.74) is 3.33. The zero-order valence-corrected chi connectivity index (χ0v) is 14.4. The molecule has 0 aliphatic carbocycles. The molecule has 0 aromatic heterocycles. The second-order valence-corrected chi connectivity index (χ2v) is 6.34. The maximum absolute atomic E-state index is 12.4. The number of hydrogen-bond donors (Lipinski definition) is 1. The lowest BCUT2D eigenvalue weighted by Crippen LogP contribution is -2.39. The third kappa shape index (κ3) is 4.93. The van der Waals surface area contributed by atoms with Gasteiger partial charge in [-0.2, -0.15) is 0 Å². The van der Waals surface area contributed by atoms with Crippen LogP contribution in [-0.4, -0.2) is 23.9 Å². The summed E-state index contributed by atoms with van der Waals surface area (Å²) in [6.45, 7) is 7.00. The molecular weight excluding hydrogens is 284 g/mol. The topological polar surface area (TPSA) is 32.3 Å². The molecule has 2 rings (SSSR count). The van der Waals surface area contributed by atoms with Crippen LogP contribution >= 0.6 is 0 Å². The van der Waals surface area contributed by atoms with Gasteiger partial charge in [0.1, 0.15) is 0 Å². The molecule has 1 N–H and O–H groups in total. The number of carbonyl (C=O) groups excluding carboxylic acids is 1. The van der Waals surface area contributed by atoms with Gasteiger partial charge in [0, 0.05) is 12.2 Å². The van der Waals surface area contributed by atoms with Crippen LogP contribution in [-0.2, 0) is 11.3 Å². The van der Waals surface area contributed by atoms with Gasteiger partial charge in [-0.3, -0.25) is 9.69 Å². The van der Waals surface area contributed by atoms with Crippen molar-refractivity contribution in [3.63, 3.8) is 0 Å². The van der Waals surface area contributed by atoms with Crippen molar-refractivity contribution in [2.75, 3.05) is 12.4 Å². The Bertz CT molecular complexity index is 620. The van der Waals surface area contributed by atoms with Crippen LogP contribution in [0.4, 0.5) is 5.69 Å². The molecule has 0 aliphatic rings. The van der Waals surface area contributed by atoms with Gasteiger partial charge in [-0.05, 0) is 43.1 Å². The highest BCUT2D eigenvalue weighted by atomic mass is 16.2. The van der Waals surface area contributed by atoms with Crippen LogP contribution in [0.3, 0.4) is 0 Å². The van der Waals surface area contributed by atoms with Gasteiger partial charge in [0.05, 0.1) is 6.04 Å². The highest BCUT2D eigenvalue weighted by Gasteiger charge is 2.18. The van der Waals surface area contributed by atoms with Crippen molar-refractivity contribution in [3.8, 4) is 0 Å². The van der Waals surface area contributed by atoms with Crippen LogP contribution in [0.15, 0.2) is 54.6 Å². The Morgan fingerprint density at radius 3 is 2.17 bits per heavy atom. The summed E-state index contributed by atoms with van der Waals surface area (Å²) in [6.07, 6.45) is 0. The van der Waals surface area contributed by atoms with E-state index in [1.807, 2.05) is 49.2 Å². The lowest BCUT2D eigenvalue weighted by atomic mass is 10.0. The van der Waals surface area contributed by atoms with E-state index in [2.05, 4.69) is 43.4 Å². The third-order valence-electron chi connectivity index (χ3n) is 4.16. The second kappa shape index (κ2) is 7.93. The number of carbonyl (C=O) groups is 1. The summed E-state index contributed by atoms with van der Waals surface area (Å²) in [5, 5.41) is 2.99. The SMILES string of the molecule is CC(C)c1ccc(NC(=O)[C@H](C)N(C)Cc2ccccc2)cc1. The van der Waals surface area contributed by atoms with E-state index in [-0.39, 0.29) is 11.9 Å². The fraction of sp³-hybridized carbons (Fsp3) is 0.350. The number of anilines is 1. The van der Waals surface area contributed by atoms with Gasteiger partial charge in [0.15, 0.2) is 0 Å². The minimum Gasteiger partial charge on any atom is -0.325 e. The molecule has 0 heterocycles. The number of amides is 1. The van der Waals surface area contributed by atoms with Crippen molar-refractivity contribution in [1.29, 1.82) is 0 Å². The van der Waals surface area contributed by atoms with Gasteiger partial charge >= 0.3 is 0 Å². The third-order valence-corrected chi connectivity index (χ3v) is 4.16. The van der Waals surface area contributed by atoms with E-state index in [0.717, 1.165) is 12.2 Å². The minimum atomic E-state index is -0.194. The summed E-state index contributed by atoms with van der Waals surface area (Å²) >= 11 is 0. The Morgan fingerprint density at radius 2 is 1.61 bits per heavy atom. The van der Waals surface area contributed by atoms with E-state index in [1.165, 1.54) is 11.1 Å². The summed E-state index contributed by atoms with van der Waals surface area (Å²) in [5.74, 6) is 0.511. The molecule has 0 unspecified atom stereocenters. The first-order chi connectivity index (χ1) is 11.0. The lowest BCUT2D eigenvalue weighted by molar-refractivity contribution is -0.120. The molecule has 1 atom stereocenters. The first-order valence-corrected chi connectivity index (χ1v) is 8.12. The van der Waals surface area contributed by atoms with Gasteiger partial charge in [-0.15, -0.1) is 0 Å². The Morgan fingerprint density at radius 1 is 1.00 bits per heavy atom. The molecule has 3 heteroatoms. The second-order valence-electron chi connectivity index (χ2n) is 6.34. The molecule has 0 fully saturated rings. The van der Waals surface area contributed by atoms with Crippen LogP contribution < -0.4 is 5.32 Å². The van der Waals surface area contributed by atoms with Crippen molar-refractivity contribution in [2.45, 2.75) is 39.3 Å². The standard InChI is InChI=1S/C20H26N2O/c1-15(2)18-10-12-19(13-11-18)21-20(23)16(3)22(4)14-17-8-6-5-7-9-17/h5-13,15-16H,14H2,1-4H3,(H,21,23)/t16-/m0/s1. The predicted molar refractivity (Wildman–Crippen MR) is 96.5 cm³/mol. The molecular formula is C20H26N2O. The molecule has 1 amide bonds. The molecule has 0 saturated heterocycles. The van der Waals surface area contributed by atoms with Crippen LogP contribution in [0, 0.1) is 0 Å². The van der Waals surface area contributed by atoms with Crippen molar-refractivity contribution in [2.24, 2.45) is 0 Å². The van der Waals surface area contributed by atoms with Crippen LogP contribution in [0.5, 0.6) is 0 Å². The summed E-state index contributed by atoms with van der Waals surface area (Å²) in [6, 6.07) is 18.1. The number of benzene rings is 2. The molecule has 3 nitrogen and oxygen atoms in total. The maximum Gasteiger partial charge on any atom is 0.241 e. The number of nitrogens with zero attached hydrogens (tertiary/aromatic N) is 1. The first-order valence-electron chi connectivity index (χ1n) is 8.12. The highest BCUT2D eigenvalue weighted by molar-refractivity contribution is 5.94. The highest BCUT2D eigenvalue weighted by Crippen LogP contribution is 2.17. The van der Waals surface area contributed by atoms with Gasteiger partial charge < -0.3 is 5.32 Å². The number of hydrogen-bond acceptors (Lipinski definition) is 2. The molecule has 0 bridgehead atoms. The van der Waals surface area contributed by atoms with Gasteiger partial charge in [-0.25, -0.2) is 0 Å². The normalized spacial score (nSPS) is 12.4. The van der Waals surface area contributed by atoms with Crippen molar-refractivity contribution >= 4 is 11.6 Å². The van der Waals surface area contributed by atoms with E-state index in [4.69, 9.17) is 0 Å². The maximum atomic E-state index is 12.4. The molecule has 2 aromatic rings. The Labute approximate surface area is 139 Å². The predicted octanol–water partition coefficient (Wildman–Crippen LogP) is 4.27. The zero-order valence-electron chi connectivity index (χ0n) is 14.4. The molecule has 23 heavy (non-hydrogen) atoms. The monoisotopic (exact) mass is 310 g/mol. The first kappa shape index (κ1) is 17.2. The Kier molecular flexibility index (Phi) is 5.94. The number of rotatable bonds is 6. The zero-order chi connectivity index (χ0) is 16.8. The van der Waals surface area contributed by atoms with Gasteiger partial charge in [-0.1, -0.05) is 56.3 Å². The van der Waals surface area contributed by atoms with Crippen molar-refractivity contribution < 1.29 is 4.79 Å². The van der Waals surface area contributed by atoms with Crippen LogP contribution in [0.25, 0.3) is 0 Å². The molecule has 0 spiro atoms. The number of nitrogens with one attached hydrogen (secondary N) is 1. The Hall–Kier alpha value is -2.13. The molecule has 122 valence electrons. The van der Waals surface area contributed by atoms with E-state index < -0.39 is 0 Å². The molecule has 2 aromatic carbocycles. The molecule has 0 aliphatic heterocycles. The fourth-order valence-corrected chi connectivity index (χ4v) is 2.41.